The van der Waals surface area contributed by atoms with Crippen molar-refractivity contribution in [3.63, 3.8) is 0 Å². The summed E-state index contributed by atoms with van der Waals surface area (Å²) < 4.78 is 4.89. The summed E-state index contributed by atoms with van der Waals surface area (Å²) in [7, 11) is 0. The number of halogens is 1. The molecule has 3 aromatic rings. The summed E-state index contributed by atoms with van der Waals surface area (Å²) in [5, 5.41) is 3.54. The molecule has 0 aliphatic heterocycles. The Labute approximate surface area is 182 Å². The SMILES string of the molecule is CCOC(=O)c1cnc(SCC(=O)Nc2ccc(Cl)cc2C(=O)c2ccccc2)[nH]1. The number of thioether (sulfide) groups is 1. The molecule has 0 atom stereocenters. The Morgan fingerprint density at radius 2 is 1.93 bits per heavy atom. The van der Waals surface area contributed by atoms with Gasteiger partial charge in [0.2, 0.25) is 5.91 Å². The zero-order valence-electron chi connectivity index (χ0n) is 16.0. The minimum Gasteiger partial charge on any atom is -0.461 e. The lowest BCUT2D eigenvalue weighted by Gasteiger charge is -2.11. The molecule has 7 nitrogen and oxygen atoms in total. The van der Waals surface area contributed by atoms with E-state index in [9.17, 15) is 14.4 Å². The van der Waals surface area contributed by atoms with Crippen LogP contribution in [-0.4, -0.2) is 40.0 Å². The van der Waals surface area contributed by atoms with Gasteiger partial charge in [0.05, 0.1) is 24.2 Å². The number of esters is 1. The molecule has 2 N–H and O–H groups in total. The molecule has 0 radical (unpaired) electrons. The van der Waals surface area contributed by atoms with Gasteiger partial charge in [0, 0.05) is 16.1 Å². The Morgan fingerprint density at radius 3 is 2.67 bits per heavy atom. The van der Waals surface area contributed by atoms with Crippen LogP contribution < -0.4 is 5.32 Å². The maximum atomic E-state index is 12.8. The van der Waals surface area contributed by atoms with E-state index in [4.69, 9.17) is 16.3 Å². The van der Waals surface area contributed by atoms with E-state index in [2.05, 4.69) is 15.3 Å². The van der Waals surface area contributed by atoms with Crippen LogP contribution in [0.4, 0.5) is 5.69 Å². The number of hydrogen-bond donors (Lipinski definition) is 2. The van der Waals surface area contributed by atoms with Crippen LogP contribution in [0.2, 0.25) is 5.02 Å². The second kappa shape index (κ2) is 10.1. The Morgan fingerprint density at radius 1 is 1.17 bits per heavy atom. The summed E-state index contributed by atoms with van der Waals surface area (Å²) in [6.07, 6.45) is 1.36. The molecule has 154 valence electrons. The molecule has 1 aromatic heterocycles. The highest BCUT2D eigenvalue weighted by Crippen LogP contribution is 2.24. The van der Waals surface area contributed by atoms with Crippen LogP contribution >= 0.6 is 23.4 Å². The lowest BCUT2D eigenvalue weighted by Crippen LogP contribution is -2.17. The third-order valence-electron chi connectivity index (χ3n) is 3.92. The maximum absolute atomic E-state index is 12.8. The van der Waals surface area contributed by atoms with Gasteiger partial charge >= 0.3 is 5.97 Å². The third kappa shape index (κ3) is 5.49. The number of aromatic nitrogens is 2. The number of nitrogens with one attached hydrogen (secondary N) is 2. The number of ketones is 1. The number of rotatable bonds is 8. The van der Waals surface area contributed by atoms with Crippen molar-refractivity contribution in [2.45, 2.75) is 12.1 Å². The largest absolute Gasteiger partial charge is 0.461 e. The second-order valence-corrected chi connectivity index (χ2v) is 7.44. The number of benzene rings is 2. The Balaban J connectivity index is 1.67. The van der Waals surface area contributed by atoms with E-state index in [0.29, 0.717) is 27.0 Å². The zero-order chi connectivity index (χ0) is 21.5. The highest BCUT2D eigenvalue weighted by molar-refractivity contribution is 7.99. The summed E-state index contributed by atoms with van der Waals surface area (Å²) in [4.78, 5) is 43.8. The van der Waals surface area contributed by atoms with Crippen molar-refractivity contribution >= 4 is 46.7 Å². The molecule has 0 spiro atoms. The van der Waals surface area contributed by atoms with Crippen LogP contribution in [0.25, 0.3) is 0 Å². The molecule has 0 unspecified atom stereocenters. The molecule has 9 heteroatoms. The molecule has 2 aromatic carbocycles. The van der Waals surface area contributed by atoms with Gasteiger partial charge < -0.3 is 15.0 Å². The van der Waals surface area contributed by atoms with Crippen LogP contribution in [0.5, 0.6) is 0 Å². The van der Waals surface area contributed by atoms with Gasteiger partial charge in [-0.1, -0.05) is 53.7 Å². The number of imidazole rings is 1. The van der Waals surface area contributed by atoms with Crippen molar-refractivity contribution in [3.05, 3.63) is 76.6 Å². The topological polar surface area (TPSA) is 101 Å². The fourth-order valence-electron chi connectivity index (χ4n) is 2.57. The predicted molar refractivity (Wildman–Crippen MR) is 115 cm³/mol. The van der Waals surface area contributed by atoms with Gasteiger partial charge in [-0.05, 0) is 25.1 Å². The predicted octanol–water partition coefficient (Wildman–Crippen LogP) is 4.20. The highest BCUT2D eigenvalue weighted by atomic mass is 35.5. The monoisotopic (exact) mass is 443 g/mol. The molecule has 0 fully saturated rings. The first-order valence-electron chi connectivity index (χ1n) is 9.02. The van der Waals surface area contributed by atoms with Crippen molar-refractivity contribution < 1.29 is 19.1 Å². The smallest absolute Gasteiger partial charge is 0.356 e. The van der Waals surface area contributed by atoms with Gasteiger partial charge in [-0.2, -0.15) is 0 Å². The molecule has 1 amide bonds. The summed E-state index contributed by atoms with van der Waals surface area (Å²) >= 11 is 7.18. The van der Waals surface area contributed by atoms with Crippen molar-refractivity contribution in [2.24, 2.45) is 0 Å². The molecule has 0 bridgehead atoms. The van der Waals surface area contributed by atoms with E-state index >= 15 is 0 Å². The zero-order valence-corrected chi connectivity index (χ0v) is 17.5. The average molecular weight is 444 g/mol. The number of nitrogens with zero attached hydrogens (tertiary/aromatic N) is 1. The summed E-state index contributed by atoms with van der Waals surface area (Å²) in [5.41, 5.74) is 1.38. The number of ether oxygens (including phenoxy) is 1. The summed E-state index contributed by atoms with van der Waals surface area (Å²) in [6, 6.07) is 13.5. The minimum absolute atomic E-state index is 0.0252. The molecular weight excluding hydrogens is 426 g/mol. The normalized spacial score (nSPS) is 10.5. The van der Waals surface area contributed by atoms with E-state index in [0.717, 1.165) is 11.8 Å². The van der Waals surface area contributed by atoms with Crippen LogP contribution in [0.15, 0.2) is 59.9 Å². The van der Waals surface area contributed by atoms with Crippen molar-refractivity contribution in [2.75, 3.05) is 17.7 Å². The molecule has 0 aliphatic rings. The van der Waals surface area contributed by atoms with Crippen molar-refractivity contribution in [3.8, 4) is 0 Å². The van der Waals surface area contributed by atoms with Gasteiger partial charge in [-0.15, -0.1) is 0 Å². The number of H-pyrrole nitrogens is 1. The number of aromatic amines is 1. The van der Waals surface area contributed by atoms with Crippen molar-refractivity contribution in [1.82, 2.24) is 9.97 Å². The van der Waals surface area contributed by atoms with Gasteiger partial charge in [0.25, 0.3) is 0 Å². The Bertz CT molecular complexity index is 1070. The molecule has 0 saturated heterocycles. The van der Waals surface area contributed by atoms with Crippen LogP contribution in [0.1, 0.15) is 33.3 Å². The quantitative estimate of drug-likeness (QED) is 0.307. The first-order valence-corrected chi connectivity index (χ1v) is 10.4. The molecule has 1 heterocycles. The average Bonchev–Trinajstić information content (AvgIpc) is 3.23. The van der Waals surface area contributed by atoms with Crippen LogP contribution in [0, 0.1) is 0 Å². The summed E-state index contributed by atoms with van der Waals surface area (Å²) in [5.74, 6) is -1.06. The maximum Gasteiger partial charge on any atom is 0.356 e. The number of hydrogen-bond acceptors (Lipinski definition) is 6. The van der Waals surface area contributed by atoms with Gasteiger partial charge in [-0.3, -0.25) is 9.59 Å². The fourth-order valence-corrected chi connectivity index (χ4v) is 3.39. The van der Waals surface area contributed by atoms with E-state index in [-0.39, 0.29) is 29.7 Å². The molecule has 30 heavy (non-hydrogen) atoms. The van der Waals surface area contributed by atoms with E-state index in [1.807, 2.05) is 6.07 Å². The van der Waals surface area contributed by atoms with Crippen LogP contribution in [-0.2, 0) is 9.53 Å². The number of carbonyl (C=O) groups excluding carboxylic acids is 3. The van der Waals surface area contributed by atoms with Crippen molar-refractivity contribution in [1.29, 1.82) is 0 Å². The first-order chi connectivity index (χ1) is 14.5. The van der Waals surface area contributed by atoms with E-state index < -0.39 is 5.97 Å². The molecule has 0 saturated carbocycles. The Hall–Kier alpha value is -3.10. The number of carbonyl (C=O) groups is 3. The summed E-state index contributed by atoms with van der Waals surface area (Å²) in [6.45, 7) is 1.97. The molecule has 3 rings (SSSR count). The third-order valence-corrected chi connectivity index (χ3v) is 5.05. The lowest BCUT2D eigenvalue weighted by atomic mass is 10.0. The number of anilines is 1. The lowest BCUT2D eigenvalue weighted by molar-refractivity contribution is -0.113. The van der Waals surface area contributed by atoms with Crippen LogP contribution in [0.3, 0.4) is 0 Å². The standard InChI is InChI=1S/C21H18ClN3O4S/c1-2-29-20(28)17-11-23-21(25-17)30-12-18(26)24-16-9-8-14(22)10-15(16)19(27)13-6-4-3-5-7-13/h3-11H,2,12H2,1H3,(H,23,25)(H,24,26). The molecular formula is C21H18ClN3O4S. The van der Waals surface area contributed by atoms with E-state index in [1.54, 1.807) is 43.3 Å². The first kappa shape index (κ1) is 21.6. The van der Waals surface area contributed by atoms with Gasteiger partial charge in [0.15, 0.2) is 10.9 Å². The second-order valence-electron chi connectivity index (χ2n) is 6.04. The number of amides is 1. The molecule has 0 aliphatic carbocycles. The van der Waals surface area contributed by atoms with Gasteiger partial charge in [-0.25, -0.2) is 9.78 Å². The fraction of sp³-hybridized carbons (Fsp3) is 0.143. The highest BCUT2D eigenvalue weighted by Gasteiger charge is 2.17. The minimum atomic E-state index is -0.508. The van der Waals surface area contributed by atoms with E-state index in [1.165, 1.54) is 12.3 Å². The Kier molecular flexibility index (Phi) is 7.26. The van der Waals surface area contributed by atoms with Gasteiger partial charge in [0.1, 0.15) is 5.69 Å².